The normalized spacial score (nSPS) is 24.3. The molecule has 0 aromatic heterocycles. The molecular weight excluding hydrogens is 264 g/mol. The maximum Gasteiger partial charge on any atom is 0.332 e. The molecule has 1 aromatic carbocycles. The van der Waals surface area contributed by atoms with Crippen LogP contribution in [0.1, 0.15) is 23.2 Å². The fraction of sp³-hybridized carbons (Fsp3) is 0.429. The molecule has 0 amide bonds. The van der Waals surface area contributed by atoms with Crippen LogP contribution >= 0.6 is 0 Å². The number of rotatable bonds is 4. The first-order valence-corrected chi connectivity index (χ1v) is 6.44. The highest BCUT2D eigenvalue weighted by molar-refractivity contribution is 6.02. The summed E-state index contributed by atoms with van der Waals surface area (Å²) in [5.74, 6) is 0.149. The Labute approximate surface area is 115 Å². The Kier molecular flexibility index (Phi) is 3.31. The Bertz CT molecular complexity index is 553. The molecule has 2 aliphatic heterocycles. The number of carbonyl (C=O) groups is 2. The molecule has 1 aromatic rings. The molecule has 1 N–H and O–H groups in total. The molecule has 0 radical (unpaired) electrons. The van der Waals surface area contributed by atoms with E-state index in [-0.39, 0.29) is 25.1 Å². The van der Waals surface area contributed by atoms with Gasteiger partial charge in [0.15, 0.2) is 12.7 Å². The molecule has 1 saturated heterocycles. The van der Waals surface area contributed by atoms with E-state index in [1.807, 2.05) is 0 Å². The molecule has 0 bridgehead atoms. The van der Waals surface area contributed by atoms with Gasteiger partial charge in [-0.15, -0.1) is 0 Å². The van der Waals surface area contributed by atoms with Crippen LogP contribution in [0.3, 0.4) is 0 Å². The van der Waals surface area contributed by atoms with Gasteiger partial charge in [-0.3, -0.25) is 4.79 Å². The van der Waals surface area contributed by atoms with Crippen LogP contribution in [0.25, 0.3) is 0 Å². The van der Waals surface area contributed by atoms with Gasteiger partial charge in [0.05, 0.1) is 11.7 Å². The van der Waals surface area contributed by atoms with E-state index in [0.717, 1.165) is 0 Å². The first kappa shape index (κ1) is 12.9. The summed E-state index contributed by atoms with van der Waals surface area (Å²) < 4.78 is 16.1. The lowest BCUT2D eigenvalue weighted by Crippen LogP contribution is -2.23. The number of carboxylic acids is 1. The topological polar surface area (TPSA) is 82.1 Å². The lowest BCUT2D eigenvalue weighted by atomic mass is 10.1. The largest absolute Gasteiger partial charge is 0.491 e. The SMILES string of the molecule is O=C1COc2cc(OCC3CCC(C(=O)O)O3)ccc21. The summed E-state index contributed by atoms with van der Waals surface area (Å²) in [5, 5.41) is 8.83. The number of benzene rings is 1. The molecule has 1 fully saturated rings. The van der Waals surface area contributed by atoms with Crippen LogP contribution < -0.4 is 9.47 Å². The number of Topliss-reactive ketones (excluding diaryl/α,β-unsaturated/α-hetero) is 1. The predicted octanol–water partition coefficient (Wildman–Crippen LogP) is 1.27. The lowest BCUT2D eigenvalue weighted by molar-refractivity contribution is -0.149. The summed E-state index contributed by atoms with van der Waals surface area (Å²) >= 11 is 0. The highest BCUT2D eigenvalue weighted by atomic mass is 16.6. The van der Waals surface area contributed by atoms with E-state index in [2.05, 4.69) is 0 Å². The van der Waals surface area contributed by atoms with Crippen LogP contribution in [-0.4, -0.2) is 42.3 Å². The summed E-state index contributed by atoms with van der Waals surface area (Å²) in [4.78, 5) is 22.2. The molecule has 2 atom stereocenters. The van der Waals surface area contributed by atoms with E-state index in [1.165, 1.54) is 0 Å². The molecule has 2 unspecified atom stereocenters. The van der Waals surface area contributed by atoms with Crippen molar-refractivity contribution in [3.63, 3.8) is 0 Å². The Balaban J connectivity index is 1.57. The molecular formula is C14H14O6. The molecule has 6 nitrogen and oxygen atoms in total. The van der Waals surface area contributed by atoms with Crippen LogP contribution in [0, 0.1) is 0 Å². The van der Waals surface area contributed by atoms with E-state index < -0.39 is 12.1 Å². The second kappa shape index (κ2) is 5.13. The fourth-order valence-electron chi connectivity index (χ4n) is 2.36. The number of carboxylic acid groups (broad SMARTS) is 1. The minimum Gasteiger partial charge on any atom is -0.491 e. The number of aliphatic carboxylic acids is 1. The molecule has 6 heteroatoms. The minimum atomic E-state index is -0.933. The van der Waals surface area contributed by atoms with E-state index in [9.17, 15) is 9.59 Å². The summed E-state index contributed by atoms with van der Waals surface area (Å²) in [6, 6.07) is 5.05. The van der Waals surface area contributed by atoms with Gasteiger partial charge in [0.1, 0.15) is 18.1 Å². The summed E-state index contributed by atoms with van der Waals surface area (Å²) in [6.45, 7) is 0.362. The maximum atomic E-state index is 11.4. The summed E-state index contributed by atoms with van der Waals surface area (Å²) in [6.07, 6.45) is 0.221. The molecule has 20 heavy (non-hydrogen) atoms. The van der Waals surface area contributed by atoms with Crippen LogP contribution in [0.15, 0.2) is 18.2 Å². The van der Waals surface area contributed by atoms with Gasteiger partial charge in [-0.25, -0.2) is 4.79 Å². The average Bonchev–Trinajstić information content (AvgIpc) is 3.04. The van der Waals surface area contributed by atoms with Crippen molar-refractivity contribution in [3.05, 3.63) is 23.8 Å². The van der Waals surface area contributed by atoms with Crippen molar-refractivity contribution in [1.29, 1.82) is 0 Å². The fourth-order valence-corrected chi connectivity index (χ4v) is 2.36. The molecule has 0 saturated carbocycles. The Morgan fingerprint density at radius 2 is 2.25 bits per heavy atom. The van der Waals surface area contributed by atoms with Crippen LogP contribution in [0.2, 0.25) is 0 Å². The minimum absolute atomic E-state index is 0.0324. The smallest absolute Gasteiger partial charge is 0.332 e. The first-order chi connectivity index (χ1) is 9.63. The van der Waals surface area contributed by atoms with Gasteiger partial charge < -0.3 is 19.3 Å². The third-order valence-corrected chi connectivity index (χ3v) is 3.43. The van der Waals surface area contributed by atoms with Crippen LogP contribution in [0.4, 0.5) is 0 Å². The van der Waals surface area contributed by atoms with Gasteiger partial charge in [0.2, 0.25) is 5.78 Å². The van der Waals surface area contributed by atoms with Crippen LogP contribution in [0.5, 0.6) is 11.5 Å². The third kappa shape index (κ3) is 2.46. The molecule has 0 spiro atoms. The van der Waals surface area contributed by atoms with Crippen molar-refractivity contribution in [2.45, 2.75) is 25.0 Å². The third-order valence-electron chi connectivity index (χ3n) is 3.43. The quantitative estimate of drug-likeness (QED) is 0.893. The molecule has 2 heterocycles. The van der Waals surface area contributed by atoms with Crippen molar-refractivity contribution in [2.24, 2.45) is 0 Å². The van der Waals surface area contributed by atoms with Crippen molar-refractivity contribution < 1.29 is 28.9 Å². The average molecular weight is 278 g/mol. The Hall–Kier alpha value is -2.08. The highest BCUT2D eigenvalue weighted by Crippen LogP contribution is 2.30. The van der Waals surface area contributed by atoms with Gasteiger partial charge in [0.25, 0.3) is 0 Å². The van der Waals surface area contributed by atoms with Gasteiger partial charge >= 0.3 is 5.97 Å². The number of hydrogen-bond donors (Lipinski definition) is 1. The molecule has 3 rings (SSSR count). The monoisotopic (exact) mass is 278 g/mol. The summed E-state index contributed by atoms with van der Waals surface area (Å²) in [5.41, 5.74) is 0.570. The number of fused-ring (bicyclic) bond motifs is 1. The molecule has 0 aliphatic carbocycles. The van der Waals surface area contributed by atoms with Crippen molar-refractivity contribution in [1.82, 2.24) is 0 Å². The van der Waals surface area contributed by atoms with Crippen molar-refractivity contribution >= 4 is 11.8 Å². The van der Waals surface area contributed by atoms with E-state index in [4.69, 9.17) is 19.3 Å². The highest BCUT2D eigenvalue weighted by Gasteiger charge is 2.31. The maximum absolute atomic E-state index is 11.4. The lowest BCUT2D eigenvalue weighted by Gasteiger charge is -2.13. The van der Waals surface area contributed by atoms with E-state index in [1.54, 1.807) is 18.2 Å². The zero-order chi connectivity index (χ0) is 14.1. The van der Waals surface area contributed by atoms with Gasteiger partial charge in [-0.2, -0.15) is 0 Å². The van der Waals surface area contributed by atoms with Gasteiger partial charge in [-0.1, -0.05) is 0 Å². The number of carbonyl (C=O) groups excluding carboxylic acids is 1. The Morgan fingerprint density at radius 1 is 1.40 bits per heavy atom. The number of hydrogen-bond acceptors (Lipinski definition) is 5. The second-order valence-corrected chi connectivity index (χ2v) is 4.84. The van der Waals surface area contributed by atoms with Gasteiger partial charge in [-0.05, 0) is 25.0 Å². The van der Waals surface area contributed by atoms with Gasteiger partial charge in [0, 0.05) is 6.07 Å². The van der Waals surface area contributed by atoms with E-state index in [0.29, 0.717) is 29.9 Å². The van der Waals surface area contributed by atoms with Crippen molar-refractivity contribution in [3.8, 4) is 11.5 Å². The molecule has 106 valence electrons. The predicted molar refractivity (Wildman–Crippen MR) is 67.3 cm³/mol. The number of ketones is 1. The van der Waals surface area contributed by atoms with Crippen molar-refractivity contribution in [2.75, 3.05) is 13.2 Å². The zero-order valence-corrected chi connectivity index (χ0v) is 10.7. The molecule has 2 aliphatic rings. The zero-order valence-electron chi connectivity index (χ0n) is 10.7. The summed E-state index contributed by atoms with van der Waals surface area (Å²) in [7, 11) is 0. The second-order valence-electron chi connectivity index (χ2n) is 4.84. The standard InChI is InChI=1S/C14H14O6/c15-11-7-19-13-5-8(1-3-10(11)13)18-6-9-2-4-12(20-9)14(16)17/h1,3,5,9,12H,2,4,6-7H2,(H,16,17). The Morgan fingerprint density at radius 3 is 3.00 bits per heavy atom. The number of ether oxygens (including phenoxy) is 3. The van der Waals surface area contributed by atoms with E-state index >= 15 is 0 Å². The first-order valence-electron chi connectivity index (χ1n) is 6.44. The van der Waals surface area contributed by atoms with Crippen LogP contribution in [-0.2, 0) is 9.53 Å².